The zero-order valence-electron chi connectivity index (χ0n) is 12.4. The normalized spacial score (nSPS) is 21.2. The first kappa shape index (κ1) is 16.9. The van der Waals surface area contributed by atoms with Crippen molar-refractivity contribution in [1.29, 1.82) is 0 Å². The Morgan fingerprint density at radius 1 is 1.36 bits per heavy atom. The van der Waals surface area contributed by atoms with Gasteiger partial charge in [-0.3, -0.25) is 4.79 Å². The molecule has 22 heavy (non-hydrogen) atoms. The molecule has 0 heterocycles. The highest BCUT2D eigenvalue weighted by molar-refractivity contribution is 9.10. The third kappa shape index (κ3) is 4.53. The minimum atomic E-state index is -0.842. The number of benzene rings is 1. The summed E-state index contributed by atoms with van der Waals surface area (Å²) in [7, 11) is 0. The van der Waals surface area contributed by atoms with E-state index in [1.54, 1.807) is 0 Å². The molecule has 2 rings (SSSR count). The van der Waals surface area contributed by atoms with Crippen molar-refractivity contribution in [2.45, 2.75) is 38.6 Å². The second-order valence-electron chi connectivity index (χ2n) is 5.64. The van der Waals surface area contributed by atoms with Gasteiger partial charge >= 0.3 is 5.97 Å². The number of amides is 1. The summed E-state index contributed by atoms with van der Waals surface area (Å²) in [6.07, 6.45) is 4.32. The maximum Gasteiger partial charge on any atom is 0.341 e. The molecule has 0 unspecified atom stereocenters. The summed E-state index contributed by atoms with van der Waals surface area (Å²) in [5.74, 6) is -1.43. The van der Waals surface area contributed by atoms with Gasteiger partial charge in [0.05, 0.1) is 5.56 Å². The number of hydrogen-bond donors (Lipinski definition) is 1. The van der Waals surface area contributed by atoms with Crippen LogP contribution in [0.2, 0.25) is 0 Å². The van der Waals surface area contributed by atoms with Gasteiger partial charge in [0.15, 0.2) is 6.61 Å². The number of carbonyl (C=O) groups excluding carboxylic acids is 2. The highest BCUT2D eigenvalue weighted by Crippen LogP contribution is 2.23. The number of esters is 1. The molecule has 0 saturated heterocycles. The average molecular weight is 372 g/mol. The fraction of sp³-hybridized carbons (Fsp3) is 0.500. The molecule has 6 heteroatoms. The Morgan fingerprint density at radius 3 is 2.82 bits per heavy atom. The fourth-order valence-corrected chi connectivity index (χ4v) is 3.00. The molecule has 1 fully saturated rings. The van der Waals surface area contributed by atoms with E-state index in [1.807, 2.05) is 0 Å². The van der Waals surface area contributed by atoms with Gasteiger partial charge in [-0.25, -0.2) is 9.18 Å². The standard InChI is InChI=1S/C16H19BrFNO3/c1-10-4-2-3-5-14(10)19-15(20)9-22-16(21)12-8-11(17)6-7-13(12)18/h6-8,10,14H,2-5,9H2,1H3,(H,19,20)/t10-,14-/m0/s1. The maximum absolute atomic E-state index is 13.5. The molecule has 1 aliphatic carbocycles. The summed E-state index contributed by atoms with van der Waals surface area (Å²) < 4.78 is 19.0. The Labute approximate surface area is 137 Å². The van der Waals surface area contributed by atoms with E-state index in [2.05, 4.69) is 28.2 Å². The van der Waals surface area contributed by atoms with Gasteiger partial charge in [0, 0.05) is 10.5 Å². The lowest BCUT2D eigenvalue weighted by atomic mass is 9.86. The highest BCUT2D eigenvalue weighted by Gasteiger charge is 2.23. The van der Waals surface area contributed by atoms with Gasteiger partial charge in [-0.15, -0.1) is 0 Å². The summed E-state index contributed by atoms with van der Waals surface area (Å²) >= 11 is 3.16. The monoisotopic (exact) mass is 371 g/mol. The van der Waals surface area contributed by atoms with Gasteiger partial charge in [-0.2, -0.15) is 0 Å². The number of carbonyl (C=O) groups is 2. The topological polar surface area (TPSA) is 55.4 Å². The van der Waals surface area contributed by atoms with Crippen LogP contribution in [0.4, 0.5) is 4.39 Å². The van der Waals surface area contributed by atoms with Crippen LogP contribution in [-0.2, 0) is 9.53 Å². The van der Waals surface area contributed by atoms with Gasteiger partial charge in [-0.1, -0.05) is 35.7 Å². The number of hydrogen-bond acceptors (Lipinski definition) is 3. The quantitative estimate of drug-likeness (QED) is 0.824. The van der Waals surface area contributed by atoms with Crippen molar-refractivity contribution in [3.63, 3.8) is 0 Å². The number of ether oxygens (including phenoxy) is 1. The zero-order chi connectivity index (χ0) is 16.1. The SMILES string of the molecule is C[C@H]1CCCC[C@@H]1NC(=O)COC(=O)c1cc(Br)ccc1F. The molecule has 1 aromatic rings. The van der Waals surface area contributed by atoms with Crippen LogP contribution < -0.4 is 5.32 Å². The number of halogens is 2. The van der Waals surface area contributed by atoms with Gasteiger partial charge in [0.2, 0.25) is 0 Å². The van der Waals surface area contributed by atoms with E-state index in [4.69, 9.17) is 4.74 Å². The summed E-state index contributed by atoms with van der Waals surface area (Å²) in [6.45, 7) is 1.71. The Bertz CT molecular complexity index is 564. The maximum atomic E-state index is 13.5. The van der Waals surface area contributed by atoms with E-state index in [9.17, 15) is 14.0 Å². The molecule has 0 aromatic heterocycles. The first-order valence-electron chi connectivity index (χ1n) is 7.39. The number of rotatable bonds is 4. The van der Waals surface area contributed by atoms with Crippen LogP contribution in [0.1, 0.15) is 43.0 Å². The molecule has 0 spiro atoms. The van der Waals surface area contributed by atoms with Crippen molar-refractivity contribution in [2.75, 3.05) is 6.61 Å². The largest absolute Gasteiger partial charge is 0.452 e. The minimum Gasteiger partial charge on any atom is -0.452 e. The predicted octanol–water partition coefficient (Wildman–Crippen LogP) is 3.44. The molecule has 1 aromatic carbocycles. The van der Waals surface area contributed by atoms with Crippen LogP contribution in [-0.4, -0.2) is 24.5 Å². The van der Waals surface area contributed by atoms with Gasteiger partial charge in [-0.05, 0) is 37.0 Å². The summed E-state index contributed by atoms with van der Waals surface area (Å²) in [5.41, 5.74) is -0.187. The third-order valence-electron chi connectivity index (χ3n) is 3.94. The average Bonchev–Trinajstić information content (AvgIpc) is 2.49. The smallest absolute Gasteiger partial charge is 0.341 e. The molecule has 0 aliphatic heterocycles. The second-order valence-corrected chi connectivity index (χ2v) is 6.55. The van der Waals surface area contributed by atoms with E-state index >= 15 is 0 Å². The first-order valence-corrected chi connectivity index (χ1v) is 8.18. The van der Waals surface area contributed by atoms with E-state index in [0.29, 0.717) is 10.4 Å². The van der Waals surface area contributed by atoms with Gasteiger partial charge < -0.3 is 10.1 Å². The van der Waals surface area contributed by atoms with E-state index < -0.39 is 18.4 Å². The number of nitrogens with one attached hydrogen (secondary N) is 1. The molecule has 0 bridgehead atoms. The summed E-state index contributed by atoms with van der Waals surface area (Å²) in [6, 6.07) is 4.12. The lowest BCUT2D eigenvalue weighted by Crippen LogP contribution is -2.42. The van der Waals surface area contributed by atoms with E-state index in [-0.39, 0.29) is 17.5 Å². The van der Waals surface area contributed by atoms with E-state index in [1.165, 1.54) is 24.6 Å². The second kappa shape index (κ2) is 7.72. The van der Waals surface area contributed by atoms with Crippen LogP contribution in [0.25, 0.3) is 0 Å². The van der Waals surface area contributed by atoms with Crippen molar-refractivity contribution >= 4 is 27.8 Å². The molecule has 0 radical (unpaired) electrons. The van der Waals surface area contributed by atoms with Crippen molar-refractivity contribution in [3.05, 3.63) is 34.1 Å². The molecular formula is C16H19BrFNO3. The third-order valence-corrected chi connectivity index (χ3v) is 4.43. The van der Waals surface area contributed by atoms with Crippen molar-refractivity contribution < 1.29 is 18.7 Å². The summed E-state index contributed by atoms with van der Waals surface area (Å²) in [4.78, 5) is 23.7. The van der Waals surface area contributed by atoms with Crippen molar-refractivity contribution in [3.8, 4) is 0 Å². The Balaban J connectivity index is 1.85. The van der Waals surface area contributed by atoms with E-state index in [0.717, 1.165) is 19.3 Å². The van der Waals surface area contributed by atoms with Crippen molar-refractivity contribution in [2.24, 2.45) is 5.92 Å². The van der Waals surface area contributed by atoms with Crippen LogP contribution in [0.15, 0.2) is 22.7 Å². The van der Waals surface area contributed by atoms with Crippen LogP contribution in [0.5, 0.6) is 0 Å². The lowest BCUT2D eigenvalue weighted by molar-refractivity contribution is -0.125. The molecule has 1 saturated carbocycles. The summed E-state index contributed by atoms with van der Waals surface area (Å²) in [5, 5.41) is 2.88. The minimum absolute atomic E-state index is 0.127. The van der Waals surface area contributed by atoms with Crippen molar-refractivity contribution in [1.82, 2.24) is 5.32 Å². The van der Waals surface area contributed by atoms with Crippen LogP contribution in [0.3, 0.4) is 0 Å². The molecule has 120 valence electrons. The van der Waals surface area contributed by atoms with Gasteiger partial charge in [0.25, 0.3) is 5.91 Å². The zero-order valence-corrected chi connectivity index (χ0v) is 14.0. The Kier molecular flexibility index (Phi) is 5.94. The lowest BCUT2D eigenvalue weighted by Gasteiger charge is -2.29. The Hall–Kier alpha value is -1.43. The molecular weight excluding hydrogens is 353 g/mol. The molecule has 2 atom stereocenters. The molecule has 1 N–H and O–H groups in total. The van der Waals surface area contributed by atoms with Crippen LogP contribution in [0, 0.1) is 11.7 Å². The Morgan fingerprint density at radius 2 is 2.09 bits per heavy atom. The predicted molar refractivity (Wildman–Crippen MR) is 83.9 cm³/mol. The molecule has 4 nitrogen and oxygen atoms in total. The molecule has 1 amide bonds. The van der Waals surface area contributed by atoms with Crippen LogP contribution >= 0.6 is 15.9 Å². The first-order chi connectivity index (χ1) is 10.5. The van der Waals surface area contributed by atoms with Gasteiger partial charge in [0.1, 0.15) is 5.82 Å². The molecule has 1 aliphatic rings. The fourth-order valence-electron chi connectivity index (χ4n) is 2.64. The highest BCUT2D eigenvalue weighted by atomic mass is 79.9.